The maximum atomic E-state index is 4.34. The number of nitrogens with one attached hydrogen (secondary N) is 1. The standard InChI is InChI=1S/C15H27N3S/c1-12(2)8-16-9-14-4-6-18(7-5-14)11-15-10-17-13(3)19-15/h10,12,14,16H,4-9,11H2,1-3H3. The van der Waals surface area contributed by atoms with Crippen molar-refractivity contribution in [2.75, 3.05) is 26.2 Å². The molecule has 0 aromatic carbocycles. The van der Waals surface area contributed by atoms with E-state index in [0.29, 0.717) is 0 Å². The zero-order valence-electron chi connectivity index (χ0n) is 12.5. The van der Waals surface area contributed by atoms with Gasteiger partial charge in [-0.1, -0.05) is 13.8 Å². The van der Waals surface area contributed by atoms with Gasteiger partial charge in [-0.2, -0.15) is 0 Å². The highest BCUT2D eigenvalue weighted by Gasteiger charge is 2.19. The Bertz CT molecular complexity index is 367. The third kappa shape index (κ3) is 5.21. The van der Waals surface area contributed by atoms with Crippen molar-refractivity contribution in [2.24, 2.45) is 11.8 Å². The lowest BCUT2D eigenvalue weighted by Gasteiger charge is -2.31. The summed E-state index contributed by atoms with van der Waals surface area (Å²) in [5.41, 5.74) is 0. The van der Waals surface area contributed by atoms with Crippen LogP contribution in [0.4, 0.5) is 0 Å². The molecule has 0 amide bonds. The lowest BCUT2D eigenvalue weighted by Crippen LogP contribution is -2.37. The number of aromatic nitrogens is 1. The Morgan fingerprint density at radius 2 is 2.16 bits per heavy atom. The summed E-state index contributed by atoms with van der Waals surface area (Å²) in [5, 5.41) is 4.78. The zero-order valence-corrected chi connectivity index (χ0v) is 13.3. The first-order valence-electron chi connectivity index (χ1n) is 7.48. The monoisotopic (exact) mass is 281 g/mol. The summed E-state index contributed by atoms with van der Waals surface area (Å²) in [6, 6.07) is 0. The molecule has 0 saturated carbocycles. The Kier molecular flexibility index (Phi) is 5.79. The van der Waals surface area contributed by atoms with Crippen LogP contribution in [0.1, 0.15) is 36.6 Å². The van der Waals surface area contributed by atoms with Gasteiger partial charge >= 0.3 is 0 Å². The van der Waals surface area contributed by atoms with Gasteiger partial charge in [-0.05, 0) is 57.8 Å². The molecule has 108 valence electrons. The number of piperidine rings is 1. The molecule has 0 spiro atoms. The molecule has 1 aromatic rings. The fraction of sp³-hybridized carbons (Fsp3) is 0.800. The van der Waals surface area contributed by atoms with Crippen LogP contribution in [0.2, 0.25) is 0 Å². The van der Waals surface area contributed by atoms with E-state index in [1.54, 1.807) is 0 Å². The second-order valence-electron chi connectivity index (χ2n) is 6.12. The molecule has 0 aliphatic carbocycles. The van der Waals surface area contributed by atoms with Crippen molar-refractivity contribution in [3.05, 3.63) is 16.1 Å². The van der Waals surface area contributed by atoms with Crippen molar-refractivity contribution in [2.45, 2.75) is 40.2 Å². The van der Waals surface area contributed by atoms with Gasteiger partial charge in [0.25, 0.3) is 0 Å². The lowest BCUT2D eigenvalue weighted by atomic mass is 9.96. The summed E-state index contributed by atoms with van der Waals surface area (Å²) in [6.45, 7) is 12.6. The Morgan fingerprint density at radius 3 is 2.74 bits per heavy atom. The fourth-order valence-electron chi connectivity index (χ4n) is 2.62. The molecule has 1 saturated heterocycles. The van der Waals surface area contributed by atoms with Crippen LogP contribution in [0.15, 0.2) is 6.20 Å². The van der Waals surface area contributed by atoms with Gasteiger partial charge in [-0.15, -0.1) is 11.3 Å². The molecule has 2 rings (SSSR count). The Morgan fingerprint density at radius 1 is 1.42 bits per heavy atom. The third-order valence-electron chi connectivity index (χ3n) is 3.74. The first kappa shape index (κ1) is 14.9. The molecular formula is C15H27N3S. The second-order valence-corrected chi connectivity index (χ2v) is 7.44. The minimum absolute atomic E-state index is 0.759. The normalized spacial score (nSPS) is 18.3. The predicted molar refractivity (Wildman–Crippen MR) is 82.6 cm³/mol. The highest BCUT2D eigenvalue weighted by Crippen LogP contribution is 2.20. The van der Waals surface area contributed by atoms with Gasteiger partial charge < -0.3 is 5.32 Å². The lowest BCUT2D eigenvalue weighted by molar-refractivity contribution is 0.176. The molecule has 3 nitrogen and oxygen atoms in total. The minimum atomic E-state index is 0.759. The second kappa shape index (κ2) is 7.36. The Labute approximate surface area is 121 Å². The average molecular weight is 281 g/mol. The van der Waals surface area contributed by atoms with Crippen molar-refractivity contribution in [1.29, 1.82) is 0 Å². The molecule has 4 heteroatoms. The maximum Gasteiger partial charge on any atom is 0.0897 e. The third-order valence-corrected chi connectivity index (χ3v) is 4.64. The first-order valence-corrected chi connectivity index (χ1v) is 8.29. The molecular weight excluding hydrogens is 254 g/mol. The number of hydrogen-bond donors (Lipinski definition) is 1. The van der Waals surface area contributed by atoms with Gasteiger partial charge in [0.15, 0.2) is 0 Å². The quantitative estimate of drug-likeness (QED) is 0.869. The average Bonchev–Trinajstić information content (AvgIpc) is 2.77. The smallest absolute Gasteiger partial charge is 0.0897 e. The Hall–Kier alpha value is -0.450. The summed E-state index contributed by atoms with van der Waals surface area (Å²) in [5.74, 6) is 1.63. The number of nitrogens with zero attached hydrogens (tertiary/aromatic N) is 2. The number of likely N-dealkylation sites (tertiary alicyclic amines) is 1. The van der Waals surface area contributed by atoms with Crippen molar-refractivity contribution in [1.82, 2.24) is 15.2 Å². The molecule has 0 unspecified atom stereocenters. The topological polar surface area (TPSA) is 28.2 Å². The fourth-order valence-corrected chi connectivity index (χ4v) is 3.46. The van der Waals surface area contributed by atoms with E-state index in [9.17, 15) is 0 Å². The van der Waals surface area contributed by atoms with Crippen LogP contribution < -0.4 is 5.32 Å². The van der Waals surface area contributed by atoms with Crippen LogP contribution in [0, 0.1) is 18.8 Å². The number of aryl methyl sites for hydroxylation is 1. The van der Waals surface area contributed by atoms with Gasteiger partial charge in [0, 0.05) is 17.6 Å². The summed E-state index contributed by atoms with van der Waals surface area (Å²) in [7, 11) is 0. The largest absolute Gasteiger partial charge is 0.316 e. The molecule has 1 aromatic heterocycles. The van der Waals surface area contributed by atoms with Gasteiger partial charge in [0.1, 0.15) is 0 Å². The SMILES string of the molecule is Cc1ncc(CN2CCC(CNCC(C)C)CC2)s1. The first-order chi connectivity index (χ1) is 9.13. The minimum Gasteiger partial charge on any atom is -0.316 e. The van der Waals surface area contributed by atoms with E-state index in [2.05, 4.69) is 36.0 Å². The van der Waals surface area contributed by atoms with Gasteiger partial charge in [-0.25, -0.2) is 4.98 Å². The molecule has 0 bridgehead atoms. The highest BCUT2D eigenvalue weighted by molar-refractivity contribution is 7.11. The van der Waals surface area contributed by atoms with Gasteiger partial charge in [-0.3, -0.25) is 4.90 Å². The molecule has 19 heavy (non-hydrogen) atoms. The van der Waals surface area contributed by atoms with E-state index >= 15 is 0 Å². The van der Waals surface area contributed by atoms with Crippen LogP contribution >= 0.6 is 11.3 Å². The van der Waals surface area contributed by atoms with E-state index in [1.807, 2.05) is 17.5 Å². The molecule has 2 heterocycles. The number of thiazole rings is 1. The van der Waals surface area contributed by atoms with E-state index in [4.69, 9.17) is 0 Å². The van der Waals surface area contributed by atoms with Crippen molar-refractivity contribution in [3.63, 3.8) is 0 Å². The number of rotatable bonds is 6. The molecule has 1 fully saturated rings. The molecule has 1 N–H and O–H groups in total. The van der Waals surface area contributed by atoms with Crippen molar-refractivity contribution < 1.29 is 0 Å². The summed E-state index contributed by atoms with van der Waals surface area (Å²) < 4.78 is 0. The summed E-state index contributed by atoms with van der Waals surface area (Å²) >= 11 is 1.83. The van der Waals surface area contributed by atoms with E-state index in [1.165, 1.54) is 42.4 Å². The predicted octanol–water partition coefficient (Wildman–Crippen LogP) is 2.91. The van der Waals surface area contributed by atoms with Gasteiger partial charge in [0.05, 0.1) is 5.01 Å². The van der Waals surface area contributed by atoms with Crippen LogP contribution in [-0.4, -0.2) is 36.1 Å². The molecule has 0 radical (unpaired) electrons. The molecule has 1 aliphatic heterocycles. The van der Waals surface area contributed by atoms with Gasteiger partial charge in [0.2, 0.25) is 0 Å². The van der Waals surface area contributed by atoms with E-state index in [-0.39, 0.29) is 0 Å². The van der Waals surface area contributed by atoms with Crippen LogP contribution in [0.3, 0.4) is 0 Å². The molecule has 0 atom stereocenters. The van der Waals surface area contributed by atoms with E-state index < -0.39 is 0 Å². The number of hydrogen-bond acceptors (Lipinski definition) is 4. The van der Waals surface area contributed by atoms with Crippen molar-refractivity contribution >= 4 is 11.3 Å². The summed E-state index contributed by atoms with van der Waals surface area (Å²) in [4.78, 5) is 8.32. The summed E-state index contributed by atoms with van der Waals surface area (Å²) in [6.07, 6.45) is 4.71. The Balaban J connectivity index is 1.65. The maximum absolute atomic E-state index is 4.34. The highest BCUT2D eigenvalue weighted by atomic mass is 32.1. The van der Waals surface area contributed by atoms with Crippen LogP contribution in [0.25, 0.3) is 0 Å². The van der Waals surface area contributed by atoms with E-state index in [0.717, 1.165) is 24.9 Å². The van der Waals surface area contributed by atoms with Crippen molar-refractivity contribution in [3.8, 4) is 0 Å². The van der Waals surface area contributed by atoms with Crippen LogP contribution in [0.5, 0.6) is 0 Å². The molecule has 1 aliphatic rings. The zero-order chi connectivity index (χ0) is 13.7. The van der Waals surface area contributed by atoms with Crippen LogP contribution in [-0.2, 0) is 6.54 Å².